The van der Waals surface area contributed by atoms with Crippen LogP contribution < -0.4 is 0 Å². The number of hydrogen-bond acceptors (Lipinski definition) is 4. The van der Waals surface area contributed by atoms with E-state index in [1.54, 1.807) is 0 Å². The van der Waals surface area contributed by atoms with Crippen molar-refractivity contribution in [3.63, 3.8) is 0 Å². The van der Waals surface area contributed by atoms with Crippen LogP contribution >= 0.6 is 11.8 Å². The van der Waals surface area contributed by atoms with Crippen LogP contribution in [0.4, 0.5) is 4.79 Å². The van der Waals surface area contributed by atoms with E-state index in [2.05, 4.69) is 0 Å². The standard InChI is InChI=1S/C11H21NO4S/c1-8(2)17-11(15)16-9(6-10(13)14)7-12(3,4)5/h8-9H,6-7H2,1-5H3/p+1. The van der Waals surface area contributed by atoms with Crippen LogP contribution in [-0.2, 0) is 9.53 Å². The van der Waals surface area contributed by atoms with E-state index in [0.717, 1.165) is 11.8 Å². The Morgan fingerprint density at radius 1 is 1.29 bits per heavy atom. The Morgan fingerprint density at radius 2 is 1.82 bits per heavy atom. The summed E-state index contributed by atoms with van der Waals surface area (Å²) in [6, 6.07) is 0. The fraction of sp³-hybridized carbons (Fsp3) is 0.818. The quantitative estimate of drug-likeness (QED) is 0.585. The van der Waals surface area contributed by atoms with Gasteiger partial charge in [0.15, 0.2) is 6.10 Å². The highest BCUT2D eigenvalue weighted by atomic mass is 32.2. The molecule has 0 bridgehead atoms. The molecule has 0 aliphatic carbocycles. The van der Waals surface area contributed by atoms with Gasteiger partial charge in [0.2, 0.25) is 0 Å². The number of hydrogen-bond donors (Lipinski definition) is 1. The summed E-state index contributed by atoms with van der Waals surface area (Å²) >= 11 is 1.07. The molecular formula is C11H22NO4S+. The van der Waals surface area contributed by atoms with Crippen molar-refractivity contribution in [2.75, 3.05) is 27.7 Å². The van der Waals surface area contributed by atoms with Gasteiger partial charge >= 0.3 is 11.3 Å². The first-order valence-electron chi connectivity index (χ1n) is 5.49. The average molecular weight is 264 g/mol. The van der Waals surface area contributed by atoms with Gasteiger partial charge in [-0.05, 0) is 11.8 Å². The van der Waals surface area contributed by atoms with Crippen molar-refractivity contribution in [3.8, 4) is 0 Å². The van der Waals surface area contributed by atoms with Gasteiger partial charge in [0, 0.05) is 5.25 Å². The van der Waals surface area contributed by atoms with Crippen molar-refractivity contribution in [3.05, 3.63) is 0 Å². The lowest BCUT2D eigenvalue weighted by Gasteiger charge is -2.28. The van der Waals surface area contributed by atoms with Gasteiger partial charge in [0.05, 0.1) is 27.6 Å². The third kappa shape index (κ3) is 10.1. The molecule has 0 saturated carbocycles. The molecule has 1 atom stereocenters. The Hall–Kier alpha value is -0.750. The Balaban J connectivity index is 4.38. The highest BCUT2D eigenvalue weighted by molar-refractivity contribution is 8.13. The fourth-order valence-corrected chi connectivity index (χ4v) is 1.88. The lowest BCUT2D eigenvalue weighted by molar-refractivity contribution is -0.873. The van der Waals surface area contributed by atoms with E-state index >= 15 is 0 Å². The number of carboxylic acid groups (broad SMARTS) is 1. The molecule has 0 aromatic carbocycles. The summed E-state index contributed by atoms with van der Waals surface area (Å²) < 4.78 is 5.73. The minimum absolute atomic E-state index is 0.136. The van der Waals surface area contributed by atoms with E-state index in [1.807, 2.05) is 35.0 Å². The number of carbonyl (C=O) groups is 2. The molecule has 1 unspecified atom stereocenters. The van der Waals surface area contributed by atoms with E-state index in [9.17, 15) is 9.59 Å². The van der Waals surface area contributed by atoms with Crippen LogP contribution in [0, 0.1) is 0 Å². The lowest BCUT2D eigenvalue weighted by Crippen LogP contribution is -2.43. The number of carboxylic acids is 1. The number of quaternary nitrogens is 1. The van der Waals surface area contributed by atoms with Gasteiger partial charge in [-0.3, -0.25) is 4.79 Å². The molecule has 17 heavy (non-hydrogen) atoms. The van der Waals surface area contributed by atoms with Crippen LogP contribution in [0.15, 0.2) is 0 Å². The zero-order chi connectivity index (χ0) is 13.6. The van der Waals surface area contributed by atoms with Crippen LogP contribution in [0.1, 0.15) is 20.3 Å². The molecule has 0 aliphatic heterocycles. The maximum absolute atomic E-state index is 11.5. The molecule has 0 radical (unpaired) electrons. The first-order valence-corrected chi connectivity index (χ1v) is 6.37. The lowest BCUT2D eigenvalue weighted by atomic mass is 10.2. The van der Waals surface area contributed by atoms with Crippen LogP contribution in [0.3, 0.4) is 0 Å². The molecule has 0 aromatic rings. The van der Waals surface area contributed by atoms with Crippen LogP contribution in [0.2, 0.25) is 0 Å². The predicted octanol–water partition coefficient (Wildman–Crippen LogP) is 1.81. The first-order chi connectivity index (χ1) is 7.60. The molecule has 5 nitrogen and oxygen atoms in total. The van der Waals surface area contributed by atoms with Gasteiger partial charge in [-0.15, -0.1) is 0 Å². The highest BCUT2D eigenvalue weighted by Gasteiger charge is 2.25. The molecule has 1 N–H and O–H groups in total. The van der Waals surface area contributed by atoms with E-state index in [4.69, 9.17) is 9.84 Å². The number of aliphatic carboxylic acids is 1. The molecule has 0 aliphatic rings. The summed E-state index contributed by atoms with van der Waals surface area (Å²) in [7, 11) is 5.79. The van der Waals surface area contributed by atoms with E-state index in [0.29, 0.717) is 11.0 Å². The molecule has 0 heterocycles. The molecule has 0 spiro atoms. The molecular weight excluding hydrogens is 242 g/mol. The molecule has 0 amide bonds. The predicted molar refractivity (Wildman–Crippen MR) is 68.1 cm³/mol. The van der Waals surface area contributed by atoms with Gasteiger partial charge in [-0.1, -0.05) is 13.8 Å². The van der Waals surface area contributed by atoms with E-state index in [-0.39, 0.29) is 11.7 Å². The third-order valence-corrected chi connectivity index (χ3v) is 2.51. The molecule has 0 saturated heterocycles. The maximum Gasteiger partial charge on any atom is 0.368 e. The van der Waals surface area contributed by atoms with Crippen molar-refractivity contribution >= 4 is 23.0 Å². The van der Waals surface area contributed by atoms with Crippen LogP contribution in [0.25, 0.3) is 0 Å². The number of ether oxygens (including phenoxy) is 1. The number of likely N-dealkylation sites (N-methyl/N-ethyl adjacent to an activating group) is 1. The topological polar surface area (TPSA) is 63.6 Å². The average Bonchev–Trinajstić information content (AvgIpc) is 1.95. The minimum Gasteiger partial charge on any atom is -0.481 e. The van der Waals surface area contributed by atoms with Crippen molar-refractivity contribution in [1.29, 1.82) is 0 Å². The number of thioether (sulfide) groups is 1. The van der Waals surface area contributed by atoms with Crippen molar-refractivity contribution < 1.29 is 23.9 Å². The normalized spacial score (nSPS) is 13.5. The summed E-state index contributed by atoms with van der Waals surface area (Å²) in [6.45, 7) is 4.26. The minimum atomic E-state index is -0.953. The summed E-state index contributed by atoms with van der Waals surface area (Å²) in [6.07, 6.45) is -0.730. The first kappa shape index (κ1) is 16.2. The molecule has 0 rings (SSSR count). The SMILES string of the molecule is CC(C)SC(=O)OC(CC(=O)O)C[N+](C)(C)C. The summed E-state index contributed by atoms with van der Waals surface area (Å²) in [5.41, 5.74) is 0. The second-order valence-corrected chi connectivity index (χ2v) is 6.74. The largest absolute Gasteiger partial charge is 0.481 e. The zero-order valence-corrected chi connectivity index (χ0v) is 11.9. The highest BCUT2D eigenvalue weighted by Crippen LogP contribution is 2.16. The monoisotopic (exact) mass is 264 g/mol. The number of carbonyl (C=O) groups excluding carboxylic acids is 1. The van der Waals surface area contributed by atoms with Crippen molar-refractivity contribution in [1.82, 2.24) is 0 Å². The molecule has 0 fully saturated rings. The molecule has 6 heteroatoms. The third-order valence-electron chi connectivity index (χ3n) is 1.75. The smallest absolute Gasteiger partial charge is 0.368 e. The van der Waals surface area contributed by atoms with Gasteiger partial charge in [0.1, 0.15) is 6.54 Å². The Morgan fingerprint density at radius 3 is 2.18 bits per heavy atom. The summed E-state index contributed by atoms with van der Waals surface area (Å²) in [5, 5.41) is 8.50. The Labute approximate surface area is 107 Å². The molecule has 0 aromatic heterocycles. The van der Waals surface area contributed by atoms with E-state index < -0.39 is 17.4 Å². The Bertz CT molecular complexity index is 273. The second-order valence-electron chi connectivity index (χ2n) is 5.23. The molecule has 100 valence electrons. The van der Waals surface area contributed by atoms with E-state index in [1.165, 1.54) is 0 Å². The summed E-state index contributed by atoms with van der Waals surface area (Å²) in [5.74, 6) is -0.953. The van der Waals surface area contributed by atoms with Crippen LogP contribution in [0.5, 0.6) is 0 Å². The van der Waals surface area contributed by atoms with Crippen molar-refractivity contribution in [2.45, 2.75) is 31.6 Å². The Kier molecular flexibility index (Phi) is 6.56. The summed E-state index contributed by atoms with van der Waals surface area (Å²) in [4.78, 5) is 22.2. The van der Waals surface area contributed by atoms with Gasteiger partial charge in [-0.2, -0.15) is 0 Å². The van der Waals surface area contributed by atoms with Gasteiger partial charge in [0.25, 0.3) is 0 Å². The second kappa shape index (κ2) is 6.86. The van der Waals surface area contributed by atoms with Crippen molar-refractivity contribution in [2.24, 2.45) is 0 Å². The number of rotatable bonds is 6. The number of nitrogens with zero attached hydrogens (tertiary/aromatic N) is 1. The maximum atomic E-state index is 11.5. The zero-order valence-electron chi connectivity index (χ0n) is 11.1. The van der Waals surface area contributed by atoms with Gasteiger partial charge < -0.3 is 14.3 Å². The van der Waals surface area contributed by atoms with Gasteiger partial charge in [-0.25, -0.2) is 4.79 Å². The fourth-order valence-electron chi connectivity index (χ4n) is 1.31. The van der Waals surface area contributed by atoms with Crippen LogP contribution in [-0.4, -0.2) is 59.9 Å².